The number of thiazole rings is 1. The SMILES string of the molecule is Cc1nc(-c2cccc(NC(=O)COC(=O)C(C(C)C)N3C(=O)c4ccccc4C3=O)c2)cs1. The molecule has 3 amide bonds. The van der Waals surface area contributed by atoms with E-state index in [1.54, 1.807) is 56.3 Å². The van der Waals surface area contributed by atoms with Crippen molar-refractivity contribution in [1.82, 2.24) is 9.88 Å². The molecule has 0 saturated heterocycles. The van der Waals surface area contributed by atoms with Crippen LogP contribution in [0.15, 0.2) is 53.9 Å². The molecule has 0 fully saturated rings. The predicted octanol–water partition coefficient (Wildman–Crippen LogP) is 3.92. The van der Waals surface area contributed by atoms with E-state index in [1.807, 2.05) is 18.4 Å². The van der Waals surface area contributed by atoms with Gasteiger partial charge in [-0.25, -0.2) is 9.78 Å². The molecular formula is C25H23N3O5S. The third kappa shape index (κ3) is 4.60. The monoisotopic (exact) mass is 477 g/mol. The number of nitrogens with one attached hydrogen (secondary N) is 1. The summed E-state index contributed by atoms with van der Waals surface area (Å²) in [5.74, 6) is -2.85. The van der Waals surface area contributed by atoms with Gasteiger partial charge in [0.05, 0.1) is 21.8 Å². The average Bonchev–Trinajstić information content (AvgIpc) is 3.35. The highest BCUT2D eigenvalue weighted by molar-refractivity contribution is 7.09. The number of amides is 3. The summed E-state index contributed by atoms with van der Waals surface area (Å²) in [6.07, 6.45) is 0. The van der Waals surface area contributed by atoms with Gasteiger partial charge < -0.3 is 10.1 Å². The van der Waals surface area contributed by atoms with E-state index >= 15 is 0 Å². The molecule has 4 rings (SSSR count). The van der Waals surface area contributed by atoms with Crippen molar-refractivity contribution < 1.29 is 23.9 Å². The summed E-state index contributed by atoms with van der Waals surface area (Å²) in [5.41, 5.74) is 2.69. The zero-order chi connectivity index (χ0) is 24.4. The van der Waals surface area contributed by atoms with Gasteiger partial charge in [0.1, 0.15) is 6.04 Å². The van der Waals surface area contributed by atoms with E-state index < -0.39 is 42.3 Å². The fraction of sp³-hybridized carbons (Fsp3) is 0.240. The molecule has 2 heterocycles. The van der Waals surface area contributed by atoms with Crippen LogP contribution >= 0.6 is 11.3 Å². The maximum Gasteiger partial charge on any atom is 0.330 e. The molecule has 0 saturated carbocycles. The van der Waals surface area contributed by atoms with Crippen molar-refractivity contribution in [2.24, 2.45) is 5.92 Å². The summed E-state index contributed by atoms with van der Waals surface area (Å²) < 4.78 is 5.22. The number of aromatic nitrogens is 1. The molecule has 0 aliphatic carbocycles. The number of esters is 1. The molecule has 34 heavy (non-hydrogen) atoms. The summed E-state index contributed by atoms with van der Waals surface area (Å²) in [6.45, 7) is 4.79. The van der Waals surface area contributed by atoms with Crippen molar-refractivity contribution in [3.8, 4) is 11.3 Å². The second-order valence-electron chi connectivity index (χ2n) is 8.20. The molecule has 0 bridgehead atoms. The first-order chi connectivity index (χ1) is 16.3. The van der Waals surface area contributed by atoms with Crippen LogP contribution in [0.3, 0.4) is 0 Å². The molecule has 0 radical (unpaired) electrons. The Bertz CT molecular complexity index is 1250. The van der Waals surface area contributed by atoms with E-state index in [9.17, 15) is 19.2 Å². The molecule has 3 aromatic rings. The number of imide groups is 1. The Morgan fingerprint density at radius 2 is 1.74 bits per heavy atom. The number of carbonyl (C=O) groups is 4. The van der Waals surface area contributed by atoms with E-state index in [4.69, 9.17) is 4.74 Å². The average molecular weight is 478 g/mol. The Balaban J connectivity index is 1.41. The molecule has 1 aliphatic heterocycles. The number of ether oxygens (including phenoxy) is 1. The molecule has 1 N–H and O–H groups in total. The molecule has 1 unspecified atom stereocenters. The maximum absolute atomic E-state index is 12.9. The van der Waals surface area contributed by atoms with Gasteiger partial charge in [-0.3, -0.25) is 19.3 Å². The molecule has 174 valence electrons. The van der Waals surface area contributed by atoms with Crippen LogP contribution in [-0.2, 0) is 14.3 Å². The summed E-state index contributed by atoms with van der Waals surface area (Å²) in [7, 11) is 0. The first-order valence-electron chi connectivity index (χ1n) is 10.7. The molecule has 1 aromatic heterocycles. The fourth-order valence-electron chi connectivity index (χ4n) is 3.81. The predicted molar refractivity (Wildman–Crippen MR) is 127 cm³/mol. The van der Waals surface area contributed by atoms with Gasteiger partial charge in [-0.1, -0.05) is 38.1 Å². The second kappa shape index (κ2) is 9.56. The van der Waals surface area contributed by atoms with Crippen molar-refractivity contribution in [3.63, 3.8) is 0 Å². The van der Waals surface area contributed by atoms with Gasteiger partial charge in [-0.15, -0.1) is 11.3 Å². The van der Waals surface area contributed by atoms with Crippen molar-refractivity contribution in [3.05, 3.63) is 70.0 Å². The molecule has 8 nitrogen and oxygen atoms in total. The highest BCUT2D eigenvalue weighted by atomic mass is 32.1. The number of fused-ring (bicyclic) bond motifs is 1. The summed E-state index contributed by atoms with van der Waals surface area (Å²) in [4.78, 5) is 56.3. The minimum absolute atomic E-state index is 0.249. The van der Waals surface area contributed by atoms with Gasteiger partial charge >= 0.3 is 5.97 Å². The maximum atomic E-state index is 12.9. The quantitative estimate of drug-likeness (QED) is 0.408. The normalized spacial score (nSPS) is 13.7. The minimum Gasteiger partial charge on any atom is -0.454 e. The number of nitrogens with zero attached hydrogens (tertiary/aromatic N) is 2. The van der Waals surface area contributed by atoms with Gasteiger partial charge in [0.15, 0.2) is 6.61 Å². The van der Waals surface area contributed by atoms with E-state index in [1.165, 1.54) is 11.3 Å². The highest BCUT2D eigenvalue weighted by Crippen LogP contribution is 2.28. The Labute approximate surface area is 200 Å². The van der Waals surface area contributed by atoms with E-state index in [-0.39, 0.29) is 11.1 Å². The Morgan fingerprint density at radius 3 is 2.32 bits per heavy atom. The smallest absolute Gasteiger partial charge is 0.330 e. The molecule has 0 spiro atoms. The number of hydrogen-bond acceptors (Lipinski definition) is 7. The van der Waals surface area contributed by atoms with Gasteiger partial charge in [-0.2, -0.15) is 0 Å². The van der Waals surface area contributed by atoms with Crippen LogP contribution in [0, 0.1) is 12.8 Å². The second-order valence-corrected chi connectivity index (χ2v) is 9.27. The number of aryl methyl sites for hydroxylation is 1. The Kier molecular flexibility index (Phi) is 6.56. The van der Waals surface area contributed by atoms with Crippen molar-refractivity contribution in [2.45, 2.75) is 26.8 Å². The number of carbonyl (C=O) groups excluding carboxylic acids is 4. The first-order valence-corrected chi connectivity index (χ1v) is 11.6. The van der Waals surface area contributed by atoms with Crippen LogP contribution in [0.2, 0.25) is 0 Å². The van der Waals surface area contributed by atoms with E-state index in [0.29, 0.717) is 5.69 Å². The molecular weight excluding hydrogens is 454 g/mol. The molecule has 2 aromatic carbocycles. The first kappa shape index (κ1) is 23.3. The van der Waals surface area contributed by atoms with Crippen molar-refractivity contribution in [1.29, 1.82) is 0 Å². The van der Waals surface area contributed by atoms with Crippen molar-refractivity contribution >= 4 is 40.7 Å². The lowest BCUT2D eigenvalue weighted by atomic mass is 10.0. The Hall–Kier alpha value is -3.85. The number of benzene rings is 2. The third-order valence-electron chi connectivity index (χ3n) is 5.38. The van der Waals surface area contributed by atoms with Crippen LogP contribution < -0.4 is 5.32 Å². The van der Waals surface area contributed by atoms with Crippen LogP contribution in [0.1, 0.15) is 39.6 Å². The molecule has 1 atom stereocenters. The zero-order valence-corrected chi connectivity index (χ0v) is 19.7. The Morgan fingerprint density at radius 1 is 1.06 bits per heavy atom. The summed E-state index contributed by atoms with van der Waals surface area (Å²) >= 11 is 1.53. The van der Waals surface area contributed by atoms with E-state index in [0.717, 1.165) is 21.2 Å². The standard InChI is InChI=1S/C25H23N3O5S/c1-14(2)22(28-23(30)18-9-4-5-10-19(18)24(28)31)25(32)33-12-21(29)27-17-8-6-7-16(11-17)20-13-34-15(3)26-20/h4-11,13-14,22H,12H2,1-3H3,(H,27,29). The van der Waals surface area contributed by atoms with Crippen LogP contribution in [0.5, 0.6) is 0 Å². The van der Waals surface area contributed by atoms with Crippen molar-refractivity contribution in [2.75, 3.05) is 11.9 Å². The molecule has 9 heteroatoms. The summed E-state index contributed by atoms with van der Waals surface area (Å²) in [5, 5.41) is 5.57. The fourth-order valence-corrected chi connectivity index (χ4v) is 4.43. The van der Waals surface area contributed by atoms with Crippen LogP contribution in [0.4, 0.5) is 5.69 Å². The lowest BCUT2D eigenvalue weighted by molar-refractivity contribution is -0.152. The minimum atomic E-state index is -1.14. The lowest BCUT2D eigenvalue weighted by Crippen LogP contribution is -2.49. The van der Waals surface area contributed by atoms with Gasteiger partial charge in [0, 0.05) is 16.6 Å². The zero-order valence-electron chi connectivity index (χ0n) is 18.9. The van der Waals surface area contributed by atoms with Gasteiger partial charge in [-0.05, 0) is 37.1 Å². The largest absolute Gasteiger partial charge is 0.454 e. The lowest BCUT2D eigenvalue weighted by Gasteiger charge is -2.27. The molecule has 1 aliphatic rings. The van der Waals surface area contributed by atoms with Gasteiger partial charge in [0.25, 0.3) is 17.7 Å². The third-order valence-corrected chi connectivity index (χ3v) is 6.16. The number of anilines is 1. The summed E-state index contributed by atoms with van der Waals surface area (Å²) in [6, 6.07) is 12.5. The van der Waals surface area contributed by atoms with Gasteiger partial charge in [0.2, 0.25) is 0 Å². The van der Waals surface area contributed by atoms with Crippen LogP contribution in [0.25, 0.3) is 11.3 Å². The number of rotatable bonds is 7. The topological polar surface area (TPSA) is 106 Å². The van der Waals surface area contributed by atoms with Crippen LogP contribution in [-0.4, -0.2) is 46.2 Å². The number of hydrogen-bond donors (Lipinski definition) is 1. The highest BCUT2D eigenvalue weighted by Gasteiger charge is 2.44. The van der Waals surface area contributed by atoms with E-state index in [2.05, 4.69) is 10.3 Å².